The number of benzene rings is 2. The van der Waals surface area contributed by atoms with E-state index < -0.39 is 0 Å². The lowest BCUT2D eigenvalue weighted by Gasteiger charge is -2.14. The minimum absolute atomic E-state index is 0.0683. The van der Waals surface area contributed by atoms with Crippen LogP contribution in [0.5, 0.6) is 17.2 Å². The van der Waals surface area contributed by atoms with Crippen LogP contribution in [0.15, 0.2) is 47.6 Å². The molecule has 3 rings (SSSR count). The summed E-state index contributed by atoms with van der Waals surface area (Å²) in [7, 11) is 6.53. The maximum Gasteiger partial charge on any atom is 0.230 e. The molecule has 1 N–H and O–H groups in total. The fourth-order valence-electron chi connectivity index (χ4n) is 2.88. The van der Waals surface area contributed by atoms with Gasteiger partial charge < -0.3 is 24.1 Å². The van der Waals surface area contributed by atoms with Gasteiger partial charge >= 0.3 is 0 Å². The predicted octanol–water partition coefficient (Wildman–Crippen LogP) is 2.92. The molecule has 1 amide bonds. The van der Waals surface area contributed by atoms with Crippen LogP contribution >= 0.6 is 11.8 Å². The van der Waals surface area contributed by atoms with Crippen LogP contribution in [-0.4, -0.2) is 47.8 Å². The van der Waals surface area contributed by atoms with E-state index >= 15 is 0 Å². The minimum atomic E-state index is -0.0683. The zero-order valence-corrected chi connectivity index (χ0v) is 18.2. The molecule has 2 aromatic carbocycles. The van der Waals surface area contributed by atoms with Gasteiger partial charge in [0.25, 0.3) is 0 Å². The Morgan fingerprint density at radius 3 is 2.30 bits per heavy atom. The van der Waals surface area contributed by atoms with Crippen molar-refractivity contribution in [3.8, 4) is 28.6 Å². The highest BCUT2D eigenvalue weighted by atomic mass is 32.2. The van der Waals surface area contributed by atoms with Crippen molar-refractivity contribution in [3.63, 3.8) is 0 Å². The SMILES string of the molecule is COc1cc(-c2nnc(SCC(=O)NCc3ccccc3)n2C)cc(OC)c1OC. The molecule has 0 aliphatic heterocycles. The van der Waals surface area contributed by atoms with E-state index in [9.17, 15) is 4.79 Å². The van der Waals surface area contributed by atoms with Gasteiger partial charge in [0, 0.05) is 19.2 Å². The number of ether oxygens (including phenoxy) is 3. The fraction of sp³-hybridized carbons (Fsp3) is 0.286. The third kappa shape index (κ3) is 4.85. The minimum Gasteiger partial charge on any atom is -0.493 e. The lowest BCUT2D eigenvalue weighted by Crippen LogP contribution is -2.24. The zero-order valence-electron chi connectivity index (χ0n) is 17.3. The second-order valence-corrected chi connectivity index (χ2v) is 7.27. The summed E-state index contributed by atoms with van der Waals surface area (Å²) < 4.78 is 18.0. The second kappa shape index (κ2) is 10.0. The summed E-state index contributed by atoms with van der Waals surface area (Å²) >= 11 is 1.32. The van der Waals surface area contributed by atoms with Crippen LogP contribution in [0.25, 0.3) is 11.4 Å². The van der Waals surface area contributed by atoms with Gasteiger partial charge in [-0.3, -0.25) is 4.79 Å². The van der Waals surface area contributed by atoms with E-state index in [0.717, 1.165) is 11.1 Å². The maximum atomic E-state index is 12.2. The largest absolute Gasteiger partial charge is 0.493 e. The molecule has 0 atom stereocenters. The number of thioether (sulfide) groups is 1. The Kier molecular flexibility index (Phi) is 7.18. The van der Waals surface area contributed by atoms with E-state index in [1.807, 2.05) is 54.1 Å². The molecule has 158 valence electrons. The van der Waals surface area contributed by atoms with Crippen molar-refractivity contribution in [1.82, 2.24) is 20.1 Å². The molecular formula is C21H24N4O4S. The molecule has 0 saturated carbocycles. The van der Waals surface area contributed by atoms with Gasteiger partial charge in [-0.25, -0.2) is 0 Å². The summed E-state index contributed by atoms with van der Waals surface area (Å²) in [5.41, 5.74) is 1.82. The molecule has 8 nitrogen and oxygen atoms in total. The Hall–Kier alpha value is -3.20. The topological polar surface area (TPSA) is 87.5 Å². The molecule has 1 heterocycles. The van der Waals surface area contributed by atoms with E-state index in [1.165, 1.54) is 11.8 Å². The van der Waals surface area contributed by atoms with Gasteiger partial charge in [0.15, 0.2) is 22.5 Å². The third-order valence-corrected chi connectivity index (χ3v) is 5.44. The molecule has 30 heavy (non-hydrogen) atoms. The van der Waals surface area contributed by atoms with Crippen LogP contribution in [0, 0.1) is 0 Å². The van der Waals surface area contributed by atoms with Gasteiger partial charge in [-0.05, 0) is 17.7 Å². The van der Waals surface area contributed by atoms with Crippen molar-refractivity contribution in [2.24, 2.45) is 7.05 Å². The van der Waals surface area contributed by atoms with Crippen LogP contribution in [0.2, 0.25) is 0 Å². The van der Waals surface area contributed by atoms with Crippen LogP contribution in [-0.2, 0) is 18.4 Å². The van der Waals surface area contributed by atoms with Crippen molar-refractivity contribution in [2.45, 2.75) is 11.7 Å². The Balaban J connectivity index is 1.69. The molecule has 0 aliphatic carbocycles. The Morgan fingerprint density at radius 2 is 1.70 bits per heavy atom. The third-order valence-electron chi connectivity index (χ3n) is 4.42. The molecule has 9 heteroatoms. The second-order valence-electron chi connectivity index (χ2n) is 6.33. The van der Waals surface area contributed by atoms with Gasteiger partial charge in [-0.15, -0.1) is 10.2 Å². The summed E-state index contributed by atoms with van der Waals surface area (Å²) in [5, 5.41) is 12.0. The first-order valence-corrected chi connectivity index (χ1v) is 10.2. The maximum absolute atomic E-state index is 12.2. The highest BCUT2D eigenvalue weighted by Gasteiger charge is 2.18. The zero-order chi connectivity index (χ0) is 21.5. The van der Waals surface area contributed by atoms with Crippen LogP contribution in [0.1, 0.15) is 5.56 Å². The average molecular weight is 429 g/mol. The van der Waals surface area contributed by atoms with Gasteiger partial charge in [0.1, 0.15) is 0 Å². The van der Waals surface area contributed by atoms with Crippen LogP contribution in [0.4, 0.5) is 0 Å². The number of rotatable bonds is 9. The van der Waals surface area contributed by atoms with Crippen molar-refractivity contribution in [1.29, 1.82) is 0 Å². The number of aromatic nitrogens is 3. The Bertz CT molecular complexity index is 982. The molecule has 0 spiro atoms. The van der Waals surface area contributed by atoms with Gasteiger partial charge in [0.05, 0.1) is 27.1 Å². The quantitative estimate of drug-likeness (QED) is 0.524. The molecule has 0 saturated heterocycles. The Morgan fingerprint density at radius 1 is 1.03 bits per heavy atom. The van der Waals surface area contributed by atoms with E-state index in [4.69, 9.17) is 14.2 Å². The van der Waals surface area contributed by atoms with Crippen molar-refractivity contribution in [2.75, 3.05) is 27.1 Å². The summed E-state index contributed by atoms with van der Waals surface area (Å²) in [6.45, 7) is 0.496. The van der Waals surface area contributed by atoms with Crippen molar-refractivity contribution >= 4 is 17.7 Å². The first-order valence-electron chi connectivity index (χ1n) is 9.20. The molecule has 0 aliphatic rings. The highest BCUT2D eigenvalue weighted by Crippen LogP contribution is 2.41. The summed E-state index contributed by atoms with van der Waals surface area (Å²) in [5.74, 6) is 2.38. The van der Waals surface area contributed by atoms with Crippen LogP contribution < -0.4 is 19.5 Å². The number of hydrogen-bond donors (Lipinski definition) is 1. The van der Waals surface area contributed by atoms with E-state index in [1.54, 1.807) is 21.3 Å². The average Bonchev–Trinajstić information content (AvgIpc) is 3.16. The standard InChI is InChI=1S/C21H24N4O4S/c1-25-20(15-10-16(27-2)19(29-4)17(11-15)28-3)23-24-21(25)30-13-18(26)22-12-14-8-6-5-7-9-14/h5-11H,12-13H2,1-4H3,(H,22,26). The molecule has 1 aromatic heterocycles. The molecule has 3 aromatic rings. The molecule has 0 bridgehead atoms. The number of methoxy groups -OCH3 is 3. The van der Waals surface area contributed by atoms with E-state index in [2.05, 4.69) is 15.5 Å². The molecular weight excluding hydrogens is 404 g/mol. The first kappa shape index (κ1) is 21.5. The van der Waals surface area contributed by atoms with Crippen molar-refractivity contribution < 1.29 is 19.0 Å². The number of amides is 1. The summed E-state index contributed by atoms with van der Waals surface area (Å²) in [4.78, 5) is 12.2. The monoisotopic (exact) mass is 428 g/mol. The van der Waals surface area contributed by atoms with E-state index in [0.29, 0.717) is 34.8 Å². The fourth-order valence-corrected chi connectivity index (χ4v) is 3.62. The van der Waals surface area contributed by atoms with Gasteiger partial charge in [0.2, 0.25) is 11.7 Å². The highest BCUT2D eigenvalue weighted by molar-refractivity contribution is 7.99. The first-order chi connectivity index (χ1) is 14.6. The predicted molar refractivity (Wildman–Crippen MR) is 115 cm³/mol. The van der Waals surface area contributed by atoms with E-state index in [-0.39, 0.29) is 11.7 Å². The number of carbonyl (C=O) groups excluding carboxylic acids is 1. The molecule has 0 radical (unpaired) electrons. The number of hydrogen-bond acceptors (Lipinski definition) is 7. The molecule has 0 fully saturated rings. The lowest BCUT2D eigenvalue weighted by molar-refractivity contribution is -0.118. The number of nitrogens with one attached hydrogen (secondary N) is 1. The summed E-state index contributed by atoms with van der Waals surface area (Å²) in [6, 6.07) is 13.4. The molecule has 0 unspecified atom stereocenters. The van der Waals surface area contributed by atoms with Crippen LogP contribution in [0.3, 0.4) is 0 Å². The lowest BCUT2D eigenvalue weighted by atomic mass is 10.1. The smallest absolute Gasteiger partial charge is 0.230 e. The van der Waals surface area contributed by atoms with Crippen molar-refractivity contribution in [3.05, 3.63) is 48.0 Å². The van der Waals surface area contributed by atoms with Gasteiger partial charge in [-0.1, -0.05) is 42.1 Å². The normalized spacial score (nSPS) is 10.5. The number of carbonyl (C=O) groups is 1. The van der Waals surface area contributed by atoms with Gasteiger partial charge in [-0.2, -0.15) is 0 Å². The Labute approximate surface area is 179 Å². The number of nitrogens with zero attached hydrogens (tertiary/aromatic N) is 3. The summed E-state index contributed by atoms with van der Waals surface area (Å²) in [6.07, 6.45) is 0.